The molecule has 43 heavy (non-hydrogen) atoms. The lowest BCUT2D eigenvalue weighted by Gasteiger charge is -2.38. The van der Waals surface area contributed by atoms with E-state index in [1.165, 1.54) is 25.3 Å². The van der Waals surface area contributed by atoms with Gasteiger partial charge in [0.05, 0.1) is 21.2 Å². The Morgan fingerprint density at radius 1 is 1.05 bits per heavy atom. The van der Waals surface area contributed by atoms with E-state index in [0.29, 0.717) is 22.7 Å². The number of aliphatic hydroxyl groups excluding tert-OH is 1. The van der Waals surface area contributed by atoms with E-state index >= 15 is 0 Å². The molecule has 1 unspecified atom stereocenters. The van der Waals surface area contributed by atoms with Crippen molar-refractivity contribution in [1.29, 1.82) is 0 Å². The molecule has 4 rings (SSSR count). The van der Waals surface area contributed by atoms with Crippen LogP contribution in [0, 0.1) is 0 Å². The maximum Gasteiger partial charge on any atom is 0.417 e. The average Bonchev–Trinajstić information content (AvgIpc) is 3.35. The van der Waals surface area contributed by atoms with Gasteiger partial charge in [-0.1, -0.05) is 63.1 Å². The van der Waals surface area contributed by atoms with E-state index in [4.69, 9.17) is 27.9 Å². The van der Waals surface area contributed by atoms with Gasteiger partial charge in [-0.05, 0) is 59.3 Å². The molecule has 2 aromatic carbocycles. The van der Waals surface area contributed by atoms with Crippen molar-refractivity contribution in [2.24, 2.45) is 0 Å². The zero-order chi connectivity index (χ0) is 32.1. The Morgan fingerprint density at radius 3 is 2.33 bits per heavy atom. The topological polar surface area (TPSA) is 84.7 Å². The van der Waals surface area contributed by atoms with Gasteiger partial charge in [-0.2, -0.15) is 13.2 Å². The summed E-state index contributed by atoms with van der Waals surface area (Å²) in [7, 11) is -5.54. The number of ether oxygens (including phenoxy) is 1. The van der Waals surface area contributed by atoms with Crippen molar-refractivity contribution in [1.82, 2.24) is 9.22 Å². The van der Waals surface area contributed by atoms with Crippen LogP contribution < -0.4 is 4.31 Å². The molecule has 0 bridgehead atoms. The number of hydrogen-bond donors (Lipinski definition) is 1. The van der Waals surface area contributed by atoms with E-state index in [0.717, 1.165) is 16.4 Å². The Morgan fingerprint density at radius 2 is 1.72 bits per heavy atom. The van der Waals surface area contributed by atoms with E-state index in [2.05, 4.69) is 43.1 Å². The van der Waals surface area contributed by atoms with Crippen LogP contribution in [0.5, 0.6) is 0 Å². The number of alkyl halides is 3. The molecule has 0 fully saturated rings. The minimum Gasteiger partial charge on any atom is -0.384 e. The number of methoxy groups -OCH3 is 1. The molecule has 2 heterocycles. The highest BCUT2D eigenvalue weighted by molar-refractivity contribution is 7.92. The van der Waals surface area contributed by atoms with Gasteiger partial charge in [0.25, 0.3) is 10.0 Å². The van der Waals surface area contributed by atoms with Crippen molar-refractivity contribution in [2.75, 3.05) is 18.1 Å². The summed E-state index contributed by atoms with van der Waals surface area (Å²) in [4.78, 5) is 3.94. The Balaban J connectivity index is 1.89. The third-order valence-electron chi connectivity index (χ3n) is 7.99. The minimum atomic E-state index is -4.89. The van der Waals surface area contributed by atoms with E-state index in [-0.39, 0.29) is 21.3 Å². The summed E-state index contributed by atoms with van der Waals surface area (Å²) in [5.41, 5.74) is -0.0846. The largest absolute Gasteiger partial charge is 0.417 e. The number of aliphatic hydroxyl groups is 1. The number of anilines is 1. The normalized spacial score (nSPS) is 13.9. The molecule has 1 N–H and O–H groups in total. The van der Waals surface area contributed by atoms with Gasteiger partial charge in [-0.3, -0.25) is 0 Å². The fourth-order valence-electron chi connectivity index (χ4n) is 4.64. The molecule has 0 aliphatic rings. The van der Waals surface area contributed by atoms with Gasteiger partial charge in [0.15, 0.2) is 8.24 Å². The highest BCUT2D eigenvalue weighted by Crippen LogP contribution is 2.42. The number of hydrogen-bond acceptors (Lipinski definition) is 5. The summed E-state index contributed by atoms with van der Waals surface area (Å²) in [5.74, 6) is 0. The lowest BCUT2D eigenvalue weighted by molar-refractivity contribution is -0.137. The predicted octanol–water partition coefficient (Wildman–Crippen LogP) is 8.10. The molecule has 7 nitrogen and oxygen atoms in total. The molecule has 2 aromatic heterocycles. The van der Waals surface area contributed by atoms with E-state index in [1.54, 1.807) is 12.3 Å². The number of pyridine rings is 1. The molecule has 0 radical (unpaired) electrons. The monoisotopic (exact) mass is 673 g/mol. The van der Waals surface area contributed by atoms with Crippen LogP contribution in [0.4, 0.5) is 18.9 Å². The predicted molar refractivity (Wildman–Crippen MR) is 166 cm³/mol. The summed E-state index contributed by atoms with van der Waals surface area (Å²) >= 11 is 12.0. The molecule has 0 amide bonds. The molecule has 0 saturated heterocycles. The van der Waals surface area contributed by atoms with E-state index < -0.39 is 52.8 Å². The van der Waals surface area contributed by atoms with Gasteiger partial charge in [-0.25, -0.2) is 17.7 Å². The summed E-state index contributed by atoms with van der Waals surface area (Å²) < 4.78 is 76.6. The summed E-state index contributed by atoms with van der Waals surface area (Å²) in [5, 5.41) is 11.9. The van der Waals surface area contributed by atoms with Gasteiger partial charge in [0.1, 0.15) is 18.5 Å². The number of rotatable bonds is 8. The SMILES string of the molecule is COCN(c1cc(Cl)ccc1C(O)c1ccnc2c1ccn2[Si](C)(C)C(C)(C)C)S(=O)(=O)c1ccc(Cl)c(C(F)(F)F)c1. The van der Waals surface area contributed by atoms with Crippen LogP contribution in [-0.2, 0) is 20.9 Å². The standard InChI is InChI=1S/C29H32Cl2F3N3O4SSi/c1-28(2,3)43(5,6)37-14-12-21-20(11-13-35-27(21)37)26(38)22-9-7-18(30)15-25(22)36(17-41-4)42(39,40)19-8-10-24(31)23(16-19)29(32,33)34/h7-16,26,38H,17H2,1-6H3. The molecule has 0 spiro atoms. The van der Waals surface area contributed by atoms with E-state index in [1.807, 2.05) is 12.3 Å². The van der Waals surface area contributed by atoms with Gasteiger partial charge >= 0.3 is 6.18 Å². The molecular weight excluding hydrogens is 642 g/mol. The third-order valence-corrected chi connectivity index (χ3v) is 15.5. The van der Waals surface area contributed by atoms with Gasteiger partial charge < -0.3 is 14.1 Å². The first-order valence-corrected chi connectivity index (χ1v) is 18.3. The minimum absolute atomic E-state index is 0.0126. The molecule has 0 aliphatic heterocycles. The Bertz CT molecular complexity index is 1770. The van der Waals surface area contributed by atoms with Crippen molar-refractivity contribution in [3.8, 4) is 0 Å². The van der Waals surface area contributed by atoms with Crippen molar-refractivity contribution >= 4 is 58.2 Å². The second-order valence-corrected chi connectivity index (χ2v) is 19.5. The average molecular weight is 675 g/mol. The smallest absolute Gasteiger partial charge is 0.384 e. The first-order chi connectivity index (χ1) is 19.8. The molecule has 0 saturated carbocycles. The summed E-state index contributed by atoms with van der Waals surface area (Å²) in [6, 6.07) is 10.1. The summed E-state index contributed by atoms with van der Waals surface area (Å²) in [6.07, 6.45) is -2.72. The van der Waals surface area contributed by atoms with Crippen LogP contribution in [-0.4, -0.2) is 44.8 Å². The maximum absolute atomic E-state index is 13.9. The van der Waals surface area contributed by atoms with Crippen LogP contribution in [0.15, 0.2) is 65.8 Å². The number of nitrogens with zero attached hydrogens (tertiary/aromatic N) is 3. The van der Waals surface area contributed by atoms with Crippen LogP contribution >= 0.6 is 23.2 Å². The van der Waals surface area contributed by atoms with Gasteiger partial charge in [-0.15, -0.1) is 0 Å². The van der Waals surface area contributed by atoms with Crippen molar-refractivity contribution < 1.29 is 31.4 Å². The lowest BCUT2D eigenvalue weighted by atomic mass is 9.98. The first-order valence-electron chi connectivity index (χ1n) is 13.1. The highest BCUT2D eigenvalue weighted by atomic mass is 35.5. The van der Waals surface area contributed by atoms with Crippen molar-refractivity contribution in [3.63, 3.8) is 0 Å². The fourth-order valence-corrected chi connectivity index (χ4v) is 8.33. The van der Waals surface area contributed by atoms with E-state index in [9.17, 15) is 26.7 Å². The Hall–Kier alpha value is -2.61. The van der Waals surface area contributed by atoms with Crippen LogP contribution in [0.1, 0.15) is 43.6 Å². The summed E-state index contributed by atoms with van der Waals surface area (Å²) in [6.45, 7) is 10.4. The Kier molecular flexibility index (Phi) is 9.07. The zero-order valence-electron chi connectivity index (χ0n) is 24.4. The highest BCUT2D eigenvalue weighted by Gasteiger charge is 2.39. The molecule has 4 aromatic rings. The Labute approximate surface area is 260 Å². The molecular formula is C29H32Cl2F3N3O4SSi. The molecule has 232 valence electrons. The number of aromatic nitrogens is 2. The van der Waals surface area contributed by atoms with Gasteiger partial charge in [0, 0.05) is 29.3 Å². The van der Waals surface area contributed by atoms with Crippen molar-refractivity contribution in [3.05, 3.63) is 87.7 Å². The number of fused-ring (bicyclic) bond motifs is 1. The number of benzene rings is 2. The number of sulfonamides is 1. The van der Waals surface area contributed by atoms with Crippen LogP contribution in [0.25, 0.3) is 11.0 Å². The maximum atomic E-state index is 13.9. The van der Waals surface area contributed by atoms with Crippen LogP contribution in [0.3, 0.4) is 0 Å². The lowest BCUT2D eigenvalue weighted by Crippen LogP contribution is -2.45. The van der Waals surface area contributed by atoms with Crippen molar-refractivity contribution in [2.45, 2.75) is 56.1 Å². The second kappa shape index (κ2) is 11.7. The molecule has 0 aliphatic carbocycles. The molecule has 1 atom stereocenters. The third kappa shape index (κ3) is 6.18. The first kappa shape index (κ1) is 33.3. The zero-order valence-corrected chi connectivity index (χ0v) is 27.7. The quantitative estimate of drug-likeness (QED) is 0.151. The fraction of sp³-hybridized carbons (Fsp3) is 0.345. The number of halogens is 5. The van der Waals surface area contributed by atoms with Gasteiger partial charge in [0.2, 0.25) is 0 Å². The van der Waals surface area contributed by atoms with Crippen LogP contribution in [0.2, 0.25) is 28.2 Å². The molecule has 14 heteroatoms. The second-order valence-electron chi connectivity index (χ2n) is 11.6.